The number of ether oxygens (including phenoxy) is 2. The van der Waals surface area contributed by atoms with Crippen molar-refractivity contribution in [1.29, 1.82) is 0 Å². The molecule has 2 N–H and O–H groups in total. The summed E-state index contributed by atoms with van der Waals surface area (Å²) < 4.78 is 10.3. The Morgan fingerprint density at radius 1 is 1.22 bits per heavy atom. The van der Waals surface area contributed by atoms with E-state index in [-0.39, 0.29) is 5.91 Å². The molecular weight excluding hydrogens is 318 g/mol. The average molecular weight is 339 g/mol. The third-order valence-electron chi connectivity index (χ3n) is 3.78. The highest BCUT2D eigenvalue weighted by molar-refractivity contribution is 7.99. The van der Waals surface area contributed by atoms with Gasteiger partial charge in [0, 0.05) is 12.7 Å². The molecule has 1 aromatic rings. The summed E-state index contributed by atoms with van der Waals surface area (Å²) in [5.74, 6) is 0.770. The van der Waals surface area contributed by atoms with Crippen LogP contribution in [0.2, 0.25) is 0 Å². The number of hydrogen-bond acceptors (Lipinski definition) is 5. The van der Waals surface area contributed by atoms with Gasteiger partial charge in [-0.15, -0.1) is 0 Å². The van der Waals surface area contributed by atoms with Gasteiger partial charge in [0.25, 0.3) is 5.91 Å². The molecule has 23 heavy (non-hydrogen) atoms. The Labute approximate surface area is 139 Å². The topological polar surface area (TPSA) is 84.9 Å². The quantitative estimate of drug-likeness (QED) is 0.737. The summed E-state index contributed by atoms with van der Waals surface area (Å²) in [6.45, 7) is 0.920. The number of methoxy groups -OCH3 is 1. The first-order valence-corrected chi connectivity index (χ1v) is 8.58. The molecule has 1 amide bonds. The first-order chi connectivity index (χ1) is 11.1. The Morgan fingerprint density at radius 2 is 1.87 bits per heavy atom. The van der Waals surface area contributed by atoms with Crippen LogP contribution < -0.4 is 10.1 Å². The molecule has 0 unspecified atom stereocenters. The fourth-order valence-electron chi connectivity index (χ4n) is 2.35. The lowest BCUT2D eigenvalue weighted by Gasteiger charge is -2.33. The van der Waals surface area contributed by atoms with Crippen molar-refractivity contribution >= 4 is 23.6 Å². The Kier molecular flexibility index (Phi) is 6.29. The molecule has 0 atom stereocenters. The van der Waals surface area contributed by atoms with Crippen LogP contribution >= 0.6 is 11.8 Å². The van der Waals surface area contributed by atoms with Crippen LogP contribution in [0.1, 0.15) is 23.2 Å². The zero-order chi connectivity index (χ0) is 16.7. The lowest BCUT2D eigenvalue weighted by molar-refractivity contribution is -0.144. The molecule has 1 aliphatic rings. The van der Waals surface area contributed by atoms with Crippen LogP contribution in [0.5, 0.6) is 5.75 Å². The van der Waals surface area contributed by atoms with Crippen LogP contribution in [-0.2, 0) is 9.53 Å². The fourth-order valence-corrected chi connectivity index (χ4v) is 3.54. The van der Waals surface area contributed by atoms with Crippen molar-refractivity contribution in [2.75, 3.05) is 31.8 Å². The average Bonchev–Trinajstić information content (AvgIpc) is 2.56. The summed E-state index contributed by atoms with van der Waals surface area (Å²) in [4.78, 5) is 23.9. The van der Waals surface area contributed by atoms with Crippen molar-refractivity contribution < 1.29 is 24.2 Å². The van der Waals surface area contributed by atoms with Crippen LogP contribution in [-0.4, -0.2) is 54.4 Å². The molecule has 1 aliphatic heterocycles. The number of carbonyl (C=O) groups excluding carboxylic acids is 1. The van der Waals surface area contributed by atoms with E-state index in [9.17, 15) is 14.7 Å². The number of nitrogens with one attached hydrogen (secondary N) is 1. The van der Waals surface area contributed by atoms with Gasteiger partial charge in [0.15, 0.2) is 0 Å². The first-order valence-electron chi connectivity index (χ1n) is 7.43. The summed E-state index contributed by atoms with van der Waals surface area (Å²) >= 11 is 1.71. The molecule has 1 heterocycles. The molecule has 0 radical (unpaired) electrons. The minimum atomic E-state index is -1.16. The molecule has 7 heteroatoms. The molecule has 1 saturated heterocycles. The molecule has 1 fully saturated rings. The van der Waals surface area contributed by atoms with E-state index in [0.29, 0.717) is 37.4 Å². The smallest absolute Gasteiger partial charge is 0.329 e. The summed E-state index contributed by atoms with van der Waals surface area (Å²) in [6, 6.07) is 6.64. The molecule has 2 rings (SSSR count). The fraction of sp³-hybridized carbons (Fsp3) is 0.500. The van der Waals surface area contributed by atoms with Crippen LogP contribution in [0, 0.1) is 0 Å². The maximum atomic E-state index is 12.4. The molecule has 0 spiro atoms. The van der Waals surface area contributed by atoms with Crippen LogP contribution in [0.15, 0.2) is 24.3 Å². The standard InChI is InChI=1S/C16H21NO5S/c1-21-8-9-22-13-4-2-12(3-5-13)14(18)17-16(15(19)20)6-10-23-11-7-16/h2-5H,6-11H2,1H3,(H,17,18)(H,19,20). The molecule has 0 bridgehead atoms. The van der Waals surface area contributed by atoms with E-state index < -0.39 is 11.5 Å². The molecule has 6 nitrogen and oxygen atoms in total. The number of carboxylic acid groups (broad SMARTS) is 1. The molecule has 0 aliphatic carbocycles. The highest BCUT2D eigenvalue weighted by Gasteiger charge is 2.41. The van der Waals surface area contributed by atoms with Gasteiger partial charge in [-0.3, -0.25) is 4.79 Å². The second-order valence-electron chi connectivity index (χ2n) is 5.32. The molecule has 0 aromatic heterocycles. The lowest BCUT2D eigenvalue weighted by atomic mass is 9.92. The number of thioether (sulfide) groups is 1. The predicted octanol–water partition coefficient (Wildman–Crippen LogP) is 1.79. The van der Waals surface area contributed by atoms with Gasteiger partial charge in [0.05, 0.1) is 6.61 Å². The van der Waals surface area contributed by atoms with Crippen LogP contribution in [0.4, 0.5) is 0 Å². The molecule has 126 valence electrons. The van der Waals surface area contributed by atoms with E-state index in [2.05, 4.69) is 5.32 Å². The Balaban J connectivity index is 2.00. The number of benzene rings is 1. The summed E-state index contributed by atoms with van der Waals surface area (Å²) in [7, 11) is 1.60. The van der Waals surface area contributed by atoms with Gasteiger partial charge < -0.3 is 19.9 Å². The van der Waals surface area contributed by atoms with E-state index in [1.165, 1.54) is 0 Å². The molecule has 0 saturated carbocycles. The minimum absolute atomic E-state index is 0.372. The number of amides is 1. The van der Waals surface area contributed by atoms with E-state index >= 15 is 0 Å². The van der Waals surface area contributed by atoms with Crippen LogP contribution in [0.25, 0.3) is 0 Å². The lowest BCUT2D eigenvalue weighted by Crippen LogP contribution is -2.56. The number of aliphatic carboxylic acids is 1. The van der Waals surface area contributed by atoms with Gasteiger partial charge in [-0.05, 0) is 48.6 Å². The van der Waals surface area contributed by atoms with Crippen molar-refractivity contribution in [2.45, 2.75) is 18.4 Å². The third-order valence-corrected chi connectivity index (χ3v) is 4.77. The van der Waals surface area contributed by atoms with Crippen molar-refractivity contribution in [1.82, 2.24) is 5.32 Å². The molecule has 1 aromatic carbocycles. The Bertz CT molecular complexity index is 540. The maximum absolute atomic E-state index is 12.4. The largest absolute Gasteiger partial charge is 0.491 e. The highest BCUT2D eigenvalue weighted by Crippen LogP contribution is 2.28. The summed E-state index contributed by atoms with van der Waals surface area (Å²) in [5, 5.41) is 12.2. The van der Waals surface area contributed by atoms with E-state index in [0.717, 1.165) is 11.5 Å². The minimum Gasteiger partial charge on any atom is -0.491 e. The van der Waals surface area contributed by atoms with Crippen LogP contribution in [0.3, 0.4) is 0 Å². The maximum Gasteiger partial charge on any atom is 0.329 e. The Morgan fingerprint density at radius 3 is 2.43 bits per heavy atom. The number of hydrogen-bond donors (Lipinski definition) is 2. The predicted molar refractivity (Wildman–Crippen MR) is 88.2 cm³/mol. The van der Waals surface area contributed by atoms with Gasteiger partial charge in [-0.2, -0.15) is 11.8 Å². The second kappa shape index (κ2) is 8.21. The van der Waals surface area contributed by atoms with Crippen molar-refractivity contribution in [3.63, 3.8) is 0 Å². The summed E-state index contributed by atoms with van der Waals surface area (Å²) in [5.41, 5.74) is -0.737. The van der Waals surface area contributed by atoms with Gasteiger partial charge >= 0.3 is 5.97 Å². The van der Waals surface area contributed by atoms with Gasteiger partial charge in [-0.1, -0.05) is 0 Å². The first kappa shape index (κ1) is 17.6. The van der Waals surface area contributed by atoms with E-state index in [1.807, 2.05) is 0 Å². The van der Waals surface area contributed by atoms with E-state index in [4.69, 9.17) is 9.47 Å². The Hall–Kier alpha value is -1.73. The zero-order valence-corrected chi connectivity index (χ0v) is 13.9. The van der Waals surface area contributed by atoms with Gasteiger partial charge in [-0.25, -0.2) is 4.79 Å². The van der Waals surface area contributed by atoms with Gasteiger partial charge in [0.1, 0.15) is 17.9 Å². The van der Waals surface area contributed by atoms with Gasteiger partial charge in [0.2, 0.25) is 0 Å². The third kappa shape index (κ3) is 4.62. The number of carbonyl (C=O) groups is 2. The number of rotatable bonds is 7. The number of carboxylic acids is 1. The van der Waals surface area contributed by atoms with Crippen molar-refractivity contribution in [3.05, 3.63) is 29.8 Å². The monoisotopic (exact) mass is 339 g/mol. The van der Waals surface area contributed by atoms with Crippen molar-refractivity contribution in [3.8, 4) is 5.75 Å². The molecular formula is C16H21NO5S. The normalized spacial score (nSPS) is 16.6. The summed E-state index contributed by atoms with van der Waals surface area (Å²) in [6.07, 6.45) is 0.883. The highest BCUT2D eigenvalue weighted by atomic mass is 32.2. The van der Waals surface area contributed by atoms with Crippen molar-refractivity contribution in [2.24, 2.45) is 0 Å². The second-order valence-corrected chi connectivity index (χ2v) is 6.54. The SMILES string of the molecule is COCCOc1ccc(C(=O)NC2(C(=O)O)CCSCC2)cc1. The zero-order valence-electron chi connectivity index (χ0n) is 13.0. The van der Waals surface area contributed by atoms with E-state index in [1.54, 1.807) is 43.1 Å².